The SMILES string of the molecule is CC(C)(C)C1CCCC(O)(C(F)C(=O)O)CC1. The number of carboxylic acid groups (broad SMARTS) is 1. The summed E-state index contributed by atoms with van der Waals surface area (Å²) in [6.45, 7) is 6.39. The fourth-order valence-electron chi connectivity index (χ4n) is 2.70. The highest BCUT2D eigenvalue weighted by Gasteiger charge is 2.44. The number of halogens is 1. The zero-order valence-electron chi connectivity index (χ0n) is 10.9. The van der Waals surface area contributed by atoms with Crippen LogP contribution in [0, 0.1) is 11.3 Å². The molecule has 0 spiro atoms. The summed E-state index contributed by atoms with van der Waals surface area (Å²) < 4.78 is 13.6. The summed E-state index contributed by atoms with van der Waals surface area (Å²) in [4.78, 5) is 10.7. The van der Waals surface area contributed by atoms with Crippen molar-refractivity contribution in [2.75, 3.05) is 0 Å². The Balaban J connectivity index is 2.73. The molecule has 2 N–H and O–H groups in total. The smallest absolute Gasteiger partial charge is 0.341 e. The monoisotopic (exact) mass is 246 g/mol. The van der Waals surface area contributed by atoms with Crippen molar-refractivity contribution in [1.82, 2.24) is 0 Å². The van der Waals surface area contributed by atoms with Crippen LogP contribution < -0.4 is 0 Å². The van der Waals surface area contributed by atoms with Crippen LogP contribution in [0.4, 0.5) is 4.39 Å². The second-order valence-corrected chi connectivity index (χ2v) is 6.30. The minimum absolute atomic E-state index is 0.125. The third kappa shape index (κ3) is 3.41. The van der Waals surface area contributed by atoms with Gasteiger partial charge in [0.25, 0.3) is 0 Å². The van der Waals surface area contributed by atoms with Gasteiger partial charge in [-0.3, -0.25) is 0 Å². The molecular weight excluding hydrogens is 223 g/mol. The Kier molecular flexibility index (Phi) is 4.18. The largest absolute Gasteiger partial charge is 0.479 e. The second kappa shape index (κ2) is 4.92. The van der Waals surface area contributed by atoms with Crippen molar-refractivity contribution in [3.8, 4) is 0 Å². The highest BCUT2D eigenvalue weighted by Crippen LogP contribution is 2.41. The van der Waals surface area contributed by atoms with Crippen molar-refractivity contribution in [2.24, 2.45) is 11.3 Å². The standard InChI is InChI=1S/C13H23FO3/c1-12(2,3)9-5-4-7-13(17,8-6-9)10(14)11(15)16/h9-10,17H,4-8H2,1-3H3,(H,15,16). The molecular formula is C13H23FO3. The van der Waals surface area contributed by atoms with Crippen molar-refractivity contribution in [3.05, 3.63) is 0 Å². The number of hydrogen-bond donors (Lipinski definition) is 2. The van der Waals surface area contributed by atoms with E-state index < -0.39 is 17.7 Å². The molecule has 1 saturated carbocycles. The van der Waals surface area contributed by atoms with E-state index in [-0.39, 0.29) is 18.3 Å². The molecule has 0 aromatic rings. The summed E-state index contributed by atoms with van der Waals surface area (Å²) in [5.74, 6) is -1.14. The Morgan fingerprint density at radius 3 is 2.41 bits per heavy atom. The molecule has 0 heterocycles. The van der Waals surface area contributed by atoms with Crippen molar-refractivity contribution >= 4 is 5.97 Å². The van der Waals surface area contributed by atoms with E-state index in [1.54, 1.807) is 0 Å². The zero-order valence-corrected chi connectivity index (χ0v) is 10.9. The number of aliphatic hydroxyl groups is 1. The fourth-order valence-corrected chi connectivity index (χ4v) is 2.70. The van der Waals surface area contributed by atoms with Crippen molar-refractivity contribution < 1.29 is 19.4 Å². The van der Waals surface area contributed by atoms with E-state index in [0.717, 1.165) is 6.42 Å². The van der Waals surface area contributed by atoms with E-state index in [1.165, 1.54) is 0 Å². The number of alkyl halides is 1. The van der Waals surface area contributed by atoms with E-state index in [1.807, 2.05) is 0 Å². The third-order valence-electron chi connectivity index (χ3n) is 4.00. The second-order valence-electron chi connectivity index (χ2n) is 6.30. The predicted molar refractivity (Wildman–Crippen MR) is 63.5 cm³/mol. The van der Waals surface area contributed by atoms with E-state index >= 15 is 0 Å². The van der Waals surface area contributed by atoms with Crippen LogP contribution in [0.5, 0.6) is 0 Å². The number of hydrogen-bond acceptors (Lipinski definition) is 2. The van der Waals surface area contributed by atoms with Crippen molar-refractivity contribution in [3.63, 3.8) is 0 Å². The maximum Gasteiger partial charge on any atom is 0.341 e. The molecule has 3 unspecified atom stereocenters. The Hall–Kier alpha value is -0.640. The number of carboxylic acids is 1. The number of aliphatic carboxylic acids is 1. The maximum absolute atomic E-state index is 13.6. The normalized spacial score (nSPS) is 32.9. The van der Waals surface area contributed by atoms with Gasteiger partial charge in [0.2, 0.25) is 6.17 Å². The number of carbonyl (C=O) groups is 1. The van der Waals surface area contributed by atoms with E-state index in [9.17, 15) is 14.3 Å². The molecule has 1 aliphatic rings. The molecule has 0 aromatic heterocycles. The van der Waals surface area contributed by atoms with E-state index in [2.05, 4.69) is 20.8 Å². The lowest BCUT2D eigenvalue weighted by Crippen LogP contribution is -2.44. The predicted octanol–water partition coefficient (Wildman–Crippen LogP) is 2.77. The minimum atomic E-state index is -2.17. The van der Waals surface area contributed by atoms with Crippen molar-refractivity contribution in [1.29, 1.82) is 0 Å². The molecule has 0 radical (unpaired) electrons. The lowest BCUT2D eigenvalue weighted by atomic mass is 9.76. The van der Waals surface area contributed by atoms with Gasteiger partial charge >= 0.3 is 5.97 Å². The molecule has 3 atom stereocenters. The van der Waals surface area contributed by atoms with Crippen LogP contribution in [0.1, 0.15) is 52.9 Å². The van der Waals surface area contributed by atoms with Gasteiger partial charge in [0.05, 0.1) is 0 Å². The molecule has 0 aromatic carbocycles. The molecule has 1 rings (SSSR count). The average molecular weight is 246 g/mol. The Morgan fingerprint density at radius 1 is 1.35 bits per heavy atom. The minimum Gasteiger partial charge on any atom is -0.479 e. The Morgan fingerprint density at radius 2 is 1.94 bits per heavy atom. The van der Waals surface area contributed by atoms with Crippen LogP contribution in [-0.2, 0) is 4.79 Å². The van der Waals surface area contributed by atoms with Gasteiger partial charge in [-0.05, 0) is 37.0 Å². The fraction of sp³-hybridized carbons (Fsp3) is 0.923. The van der Waals surface area contributed by atoms with Gasteiger partial charge in [0.15, 0.2) is 0 Å². The molecule has 0 amide bonds. The first kappa shape index (κ1) is 14.4. The molecule has 0 saturated heterocycles. The summed E-state index contributed by atoms with van der Waals surface area (Å²) >= 11 is 0. The first-order valence-electron chi connectivity index (χ1n) is 6.26. The molecule has 0 bridgehead atoms. The first-order chi connectivity index (χ1) is 7.67. The van der Waals surface area contributed by atoms with Gasteiger partial charge in [-0.2, -0.15) is 0 Å². The Labute approximate surface area is 102 Å². The molecule has 4 heteroatoms. The van der Waals surface area contributed by atoms with Crippen LogP contribution in [0.3, 0.4) is 0 Å². The average Bonchev–Trinajstić information content (AvgIpc) is 2.39. The highest BCUT2D eigenvalue weighted by molar-refractivity contribution is 5.73. The summed E-state index contributed by atoms with van der Waals surface area (Å²) in [6, 6.07) is 0. The lowest BCUT2D eigenvalue weighted by molar-refractivity contribution is -0.155. The Bertz CT molecular complexity index is 285. The summed E-state index contributed by atoms with van der Waals surface area (Å²) in [5, 5.41) is 18.8. The topological polar surface area (TPSA) is 57.5 Å². The van der Waals surface area contributed by atoms with Gasteiger partial charge in [0.1, 0.15) is 5.60 Å². The van der Waals surface area contributed by atoms with Gasteiger partial charge in [-0.15, -0.1) is 0 Å². The van der Waals surface area contributed by atoms with Gasteiger partial charge in [0, 0.05) is 0 Å². The summed E-state index contributed by atoms with van der Waals surface area (Å²) in [5.41, 5.74) is -1.55. The van der Waals surface area contributed by atoms with Gasteiger partial charge in [-0.1, -0.05) is 27.2 Å². The maximum atomic E-state index is 13.6. The number of rotatable bonds is 2. The van der Waals surface area contributed by atoms with Crippen LogP contribution in [-0.4, -0.2) is 28.0 Å². The molecule has 3 nitrogen and oxygen atoms in total. The zero-order chi connectivity index (χ0) is 13.3. The molecule has 100 valence electrons. The van der Waals surface area contributed by atoms with Crippen LogP contribution in [0.2, 0.25) is 0 Å². The first-order valence-corrected chi connectivity index (χ1v) is 6.26. The molecule has 1 aliphatic carbocycles. The molecule has 0 aliphatic heterocycles. The molecule has 1 fully saturated rings. The van der Waals surface area contributed by atoms with Crippen LogP contribution in [0.15, 0.2) is 0 Å². The van der Waals surface area contributed by atoms with E-state index in [0.29, 0.717) is 18.8 Å². The third-order valence-corrected chi connectivity index (χ3v) is 4.00. The van der Waals surface area contributed by atoms with E-state index in [4.69, 9.17) is 5.11 Å². The highest BCUT2D eigenvalue weighted by atomic mass is 19.1. The van der Waals surface area contributed by atoms with Gasteiger partial charge < -0.3 is 10.2 Å². The summed E-state index contributed by atoms with van der Waals surface area (Å²) in [7, 11) is 0. The van der Waals surface area contributed by atoms with Crippen LogP contribution >= 0.6 is 0 Å². The van der Waals surface area contributed by atoms with Crippen LogP contribution in [0.25, 0.3) is 0 Å². The quantitative estimate of drug-likeness (QED) is 0.737. The van der Waals surface area contributed by atoms with Crippen molar-refractivity contribution in [2.45, 2.75) is 64.6 Å². The summed E-state index contributed by atoms with van der Waals surface area (Å²) in [6.07, 6.45) is 0.620. The lowest BCUT2D eigenvalue weighted by Gasteiger charge is -2.31. The molecule has 17 heavy (non-hydrogen) atoms. The van der Waals surface area contributed by atoms with Gasteiger partial charge in [-0.25, -0.2) is 9.18 Å².